The smallest absolute Gasteiger partial charge is 0.161 e. The number of nitrogens with zero attached hydrogens (tertiary/aromatic N) is 3. The maximum Gasteiger partial charge on any atom is 0.161 e. The molecule has 0 N–H and O–H groups in total. The highest BCUT2D eigenvalue weighted by atomic mass is 35.5. The Morgan fingerprint density at radius 2 is 1.70 bits per heavy atom. The molecule has 1 saturated heterocycles. The van der Waals surface area contributed by atoms with Crippen LogP contribution in [0.2, 0.25) is 5.02 Å². The second-order valence-corrected chi connectivity index (χ2v) is 8.45. The summed E-state index contributed by atoms with van der Waals surface area (Å²) in [5.74, 6) is 4.13. The lowest BCUT2D eigenvalue weighted by atomic mass is 9.91. The zero-order valence-corrected chi connectivity index (χ0v) is 15.4. The average molecular weight is 348 g/mol. The first-order valence-electron chi connectivity index (χ1n) is 7.92. The van der Waals surface area contributed by atoms with Gasteiger partial charge in [-0.05, 0) is 24.3 Å². The van der Waals surface area contributed by atoms with E-state index in [9.17, 15) is 0 Å². The van der Waals surface area contributed by atoms with Gasteiger partial charge in [0.15, 0.2) is 5.82 Å². The van der Waals surface area contributed by atoms with Crippen molar-refractivity contribution < 1.29 is 0 Å². The van der Waals surface area contributed by atoms with Crippen LogP contribution in [0.1, 0.15) is 26.5 Å². The van der Waals surface area contributed by atoms with Gasteiger partial charge in [-0.2, -0.15) is 11.8 Å². The Kier molecular flexibility index (Phi) is 4.83. The quantitative estimate of drug-likeness (QED) is 0.790. The van der Waals surface area contributed by atoms with Crippen molar-refractivity contribution >= 4 is 29.2 Å². The topological polar surface area (TPSA) is 29.0 Å². The lowest BCUT2D eigenvalue weighted by Crippen LogP contribution is -2.33. The second kappa shape index (κ2) is 6.70. The SMILES string of the molecule is CC(C)(C)c1cc(N2CCSCC2)nc(-c2ccc(Cl)cc2)n1. The van der Waals surface area contributed by atoms with Crippen LogP contribution in [0.4, 0.5) is 5.82 Å². The summed E-state index contributed by atoms with van der Waals surface area (Å²) >= 11 is 8.01. The predicted molar refractivity (Wildman–Crippen MR) is 101 cm³/mol. The van der Waals surface area contributed by atoms with E-state index < -0.39 is 0 Å². The molecule has 23 heavy (non-hydrogen) atoms. The van der Waals surface area contributed by atoms with E-state index in [1.165, 1.54) is 0 Å². The van der Waals surface area contributed by atoms with Crippen molar-refractivity contribution in [3.05, 3.63) is 41.0 Å². The van der Waals surface area contributed by atoms with E-state index in [4.69, 9.17) is 21.6 Å². The minimum absolute atomic E-state index is 0.0105. The molecule has 0 atom stereocenters. The lowest BCUT2D eigenvalue weighted by Gasteiger charge is -2.29. The van der Waals surface area contributed by atoms with E-state index >= 15 is 0 Å². The van der Waals surface area contributed by atoms with Crippen LogP contribution < -0.4 is 4.90 Å². The van der Waals surface area contributed by atoms with Gasteiger partial charge in [-0.15, -0.1) is 0 Å². The monoisotopic (exact) mass is 347 g/mol. The minimum atomic E-state index is -0.0105. The molecule has 0 saturated carbocycles. The summed E-state index contributed by atoms with van der Waals surface area (Å²) in [5, 5.41) is 0.731. The third-order valence-corrected chi connectivity index (χ3v) is 5.11. The molecule has 122 valence electrons. The number of thioether (sulfide) groups is 1. The highest BCUT2D eigenvalue weighted by molar-refractivity contribution is 7.99. The molecule has 0 radical (unpaired) electrons. The average Bonchev–Trinajstić information content (AvgIpc) is 2.55. The van der Waals surface area contributed by atoms with Crippen LogP contribution in [0.5, 0.6) is 0 Å². The predicted octanol–water partition coefficient (Wildman–Crippen LogP) is 4.65. The summed E-state index contributed by atoms with van der Waals surface area (Å²) in [5.41, 5.74) is 2.07. The van der Waals surface area contributed by atoms with Crippen LogP contribution in [0.25, 0.3) is 11.4 Å². The van der Waals surface area contributed by atoms with E-state index in [0.717, 1.165) is 52.5 Å². The molecule has 5 heteroatoms. The first-order valence-corrected chi connectivity index (χ1v) is 9.45. The molecule has 2 aromatic rings. The minimum Gasteiger partial charge on any atom is -0.355 e. The Morgan fingerprint density at radius 3 is 2.30 bits per heavy atom. The van der Waals surface area contributed by atoms with Gasteiger partial charge in [0.05, 0.1) is 5.69 Å². The normalized spacial score (nSPS) is 15.7. The lowest BCUT2D eigenvalue weighted by molar-refractivity contribution is 0.567. The molecule has 0 unspecified atom stereocenters. The molecule has 1 aliphatic rings. The standard InChI is InChI=1S/C18H22ClN3S/c1-18(2,3)15-12-16(22-8-10-23-11-9-22)21-17(20-15)13-4-6-14(19)7-5-13/h4-7,12H,8-11H2,1-3H3. The maximum absolute atomic E-state index is 6.00. The molecule has 2 heterocycles. The molecule has 0 bridgehead atoms. The largest absolute Gasteiger partial charge is 0.355 e. The first-order chi connectivity index (χ1) is 10.9. The van der Waals surface area contributed by atoms with Gasteiger partial charge >= 0.3 is 0 Å². The number of hydrogen-bond acceptors (Lipinski definition) is 4. The number of rotatable bonds is 2. The fraction of sp³-hybridized carbons (Fsp3) is 0.444. The molecule has 0 spiro atoms. The molecule has 0 amide bonds. The Morgan fingerprint density at radius 1 is 1.04 bits per heavy atom. The third kappa shape index (κ3) is 3.99. The van der Waals surface area contributed by atoms with Gasteiger partial charge in [-0.3, -0.25) is 0 Å². The first kappa shape index (κ1) is 16.6. The van der Waals surface area contributed by atoms with Crippen molar-refractivity contribution in [3.8, 4) is 11.4 Å². The molecule has 1 aromatic heterocycles. The molecule has 3 nitrogen and oxygen atoms in total. The summed E-state index contributed by atoms with van der Waals surface area (Å²) in [4.78, 5) is 12.0. The van der Waals surface area contributed by atoms with Crippen molar-refractivity contribution in [2.45, 2.75) is 26.2 Å². The van der Waals surface area contributed by atoms with E-state index in [2.05, 4.69) is 31.7 Å². The summed E-state index contributed by atoms with van der Waals surface area (Å²) < 4.78 is 0. The summed E-state index contributed by atoms with van der Waals surface area (Å²) in [6, 6.07) is 9.90. The van der Waals surface area contributed by atoms with Crippen LogP contribution in [-0.4, -0.2) is 34.6 Å². The van der Waals surface area contributed by atoms with Gasteiger partial charge < -0.3 is 4.90 Å². The van der Waals surface area contributed by atoms with Gasteiger partial charge in [-0.1, -0.05) is 32.4 Å². The zero-order chi connectivity index (χ0) is 16.4. The van der Waals surface area contributed by atoms with Gasteiger partial charge in [-0.25, -0.2) is 9.97 Å². The summed E-state index contributed by atoms with van der Waals surface area (Å²) in [6.45, 7) is 8.67. The van der Waals surface area contributed by atoms with Crippen LogP contribution in [0, 0.1) is 0 Å². The third-order valence-electron chi connectivity index (χ3n) is 3.92. The van der Waals surface area contributed by atoms with E-state index in [1.807, 2.05) is 36.0 Å². The van der Waals surface area contributed by atoms with Crippen LogP contribution in [0.15, 0.2) is 30.3 Å². The van der Waals surface area contributed by atoms with E-state index in [1.54, 1.807) is 0 Å². The fourth-order valence-corrected chi connectivity index (χ4v) is 3.53. The van der Waals surface area contributed by atoms with Crippen molar-refractivity contribution in [3.63, 3.8) is 0 Å². The van der Waals surface area contributed by atoms with Crippen molar-refractivity contribution in [1.29, 1.82) is 0 Å². The van der Waals surface area contributed by atoms with Gasteiger partial charge in [0.2, 0.25) is 0 Å². The Bertz CT molecular complexity index is 674. The number of aromatic nitrogens is 2. The Labute approximate surface area is 147 Å². The Hall–Kier alpha value is -1.26. The second-order valence-electron chi connectivity index (χ2n) is 6.79. The number of halogens is 1. The molecule has 1 aromatic carbocycles. The van der Waals surface area contributed by atoms with Crippen LogP contribution in [-0.2, 0) is 5.41 Å². The molecule has 3 rings (SSSR count). The van der Waals surface area contributed by atoms with Crippen molar-refractivity contribution in [2.24, 2.45) is 0 Å². The molecule has 1 fully saturated rings. The van der Waals surface area contributed by atoms with Crippen LogP contribution >= 0.6 is 23.4 Å². The molecule has 0 aliphatic carbocycles. The van der Waals surface area contributed by atoms with Crippen molar-refractivity contribution in [1.82, 2.24) is 9.97 Å². The van der Waals surface area contributed by atoms with E-state index in [-0.39, 0.29) is 5.41 Å². The van der Waals surface area contributed by atoms with Crippen LogP contribution in [0.3, 0.4) is 0 Å². The summed E-state index contributed by atoms with van der Waals surface area (Å²) in [6.07, 6.45) is 0. The number of anilines is 1. The zero-order valence-electron chi connectivity index (χ0n) is 13.8. The fourth-order valence-electron chi connectivity index (χ4n) is 2.50. The Balaban J connectivity index is 2.05. The van der Waals surface area contributed by atoms with Gasteiger partial charge in [0.1, 0.15) is 5.82 Å². The van der Waals surface area contributed by atoms with Gasteiger partial charge in [0, 0.05) is 46.7 Å². The molecule has 1 aliphatic heterocycles. The number of hydrogen-bond donors (Lipinski definition) is 0. The molecular weight excluding hydrogens is 326 g/mol. The highest BCUT2D eigenvalue weighted by Crippen LogP contribution is 2.28. The summed E-state index contributed by atoms with van der Waals surface area (Å²) in [7, 11) is 0. The highest BCUT2D eigenvalue weighted by Gasteiger charge is 2.21. The van der Waals surface area contributed by atoms with E-state index in [0.29, 0.717) is 0 Å². The maximum atomic E-state index is 6.00. The molecular formula is C18H22ClN3S. The number of benzene rings is 1. The van der Waals surface area contributed by atoms with Crippen molar-refractivity contribution in [2.75, 3.05) is 29.5 Å². The van der Waals surface area contributed by atoms with Gasteiger partial charge in [0.25, 0.3) is 0 Å².